The molecule has 1 unspecified atom stereocenters. The summed E-state index contributed by atoms with van der Waals surface area (Å²) in [6.07, 6.45) is 0.869. The highest BCUT2D eigenvalue weighted by Crippen LogP contribution is 2.26. The van der Waals surface area contributed by atoms with Gasteiger partial charge in [-0.1, -0.05) is 6.92 Å². The summed E-state index contributed by atoms with van der Waals surface area (Å²) in [6, 6.07) is 3.84. The number of hydrogen-bond acceptors (Lipinski definition) is 3. The van der Waals surface area contributed by atoms with E-state index in [2.05, 4.69) is 0 Å². The zero-order valence-electron chi connectivity index (χ0n) is 9.73. The van der Waals surface area contributed by atoms with Crippen molar-refractivity contribution in [2.45, 2.75) is 26.3 Å². The van der Waals surface area contributed by atoms with Crippen LogP contribution in [-0.4, -0.2) is 30.6 Å². The molecule has 0 radical (unpaired) electrons. The number of carbonyl (C=O) groups is 1. The molecule has 1 fully saturated rings. The molecule has 2 heterocycles. The zero-order chi connectivity index (χ0) is 11.5. The van der Waals surface area contributed by atoms with Crippen LogP contribution in [-0.2, 0) is 16.0 Å². The largest absolute Gasteiger partial charge is 0.464 e. The van der Waals surface area contributed by atoms with Crippen LogP contribution < -0.4 is 0 Å². The van der Waals surface area contributed by atoms with E-state index in [0.29, 0.717) is 19.8 Å². The van der Waals surface area contributed by atoms with Crippen molar-refractivity contribution in [3.05, 3.63) is 23.7 Å². The van der Waals surface area contributed by atoms with Gasteiger partial charge in [-0.05, 0) is 12.1 Å². The van der Waals surface area contributed by atoms with Crippen molar-refractivity contribution in [2.75, 3.05) is 19.8 Å². The molecule has 2 rings (SSSR count). The van der Waals surface area contributed by atoms with E-state index in [4.69, 9.17) is 9.15 Å². The molecule has 0 saturated carbocycles. The smallest absolute Gasteiger partial charge is 0.220 e. The summed E-state index contributed by atoms with van der Waals surface area (Å²) in [5.41, 5.74) is 0. The van der Waals surface area contributed by atoms with Gasteiger partial charge >= 0.3 is 0 Å². The minimum atomic E-state index is -0.0634. The molecule has 1 aliphatic rings. The average Bonchev–Trinajstić information content (AvgIpc) is 2.77. The highest BCUT2D eigenvalue weighted by molar-refractivity contribution is 5.73. The summed E-state index contributed by atoms with van der Waals surface area (Å²) >= 11 is 0. The number of carbonyl (C=O) groups excluding carboxylic acids is 1. The molecular formula is C12H17NO3. The van der Waals surface area contributed by atoms with Crippen molar-refractivity contribution < 1.29 is 13.9 Å². The topological polar surface area (TPSA) is 42.7 Å². The van der Waals surface area contributed by atoms with Crippen LogP contribution in [0.2, 0.25) is 0 Å². The third-order valence-electron chi connectivity index (χ3n) is 2.89. The lowest BCUT2D eigenvalue weighted by Crippen LogP contribution is -2.42. The van der Waals surface area contributed by atoms with Gasteiger partial charge in [0.15, 0.2) is 0 Å². The molecule has 0 N–H and O–H groups in total. The second-order valence-electron chi connectivity index (χ2n) is 3.96. The van der Waals surface area contributed by atoms with Crippen molar-refractivity contribution in [2.24, 2.45) is 0 Å². The van der Waals surface area contributed by atoms with Crippen molar-refractivity contribution >= 4 is 5.91 Å². The summed E-state index contributed by atoms with van der Waals surface area (Å²) in [6.45, 7) is 5.40. The number of nitrogens with zero attached hydrogens (tertiary/aromatic N) is 1. The minimum Gasteiger partial charge on any atom is -0.464 e. The highest BCUT2D eigenvalue weighted by atomic mass is 16.5. The van der Waals surface area contributed by atoms with Gasteiger partial charge in [-0.3, -0.25) is 4.79 Å². The monoisotopic (exact) mass is 223 g/mol. The van der Waals surface area contributed by atoms with Crippen LogP contribution in [0.4, 0.5) is 0 Å². The molecule has 4 heteroatoms. The van der Waals surface area contributed by atoms with Crippen molar-refractivity contribution in [3.8, 4) is 0 Å². The molecule has 4 nitrogen and oxygen atoms in total. The molecule has 1 aromatic rings. The van der Waals surface area contributed by atoms with E-state index >= 15 is 0 Å². The SMILES string of the molecule is CCc1ccc(C2COCCN2C(C)=O)o1. The number of aryl methyl sites for hydroxylation is 1. The third-order valence-corrected chi connectivity index (χ3v) is 2.89. The maximum absolute atomic E-state index is 11.5. The van der Waals surface area contributed by atoms with Crippen LogP contribution in [0.3, 0.4) is 0 Å². The summed E-state index contributed by atoms with van der Waals surface area (Å²) in [5, 5.41) is 0. The number of ether oxygens (including phenoxy) is 1. The number of amides is 1. The van der Waals surface area contributed by atoms with Crippen LogP contribution >= 0.6 is 0 Å². The van der Waals surface area contributed by atoms with Crippen molar-refractivity contribution in [1.82, 2.24) is 4.90 Å². The van der Waals surface area contributed by atoms with Crippen molar-refractivity contribution in [1.29, 1.82) is 0 Å². The Morgan fingerprint density at radius 2 is 2.38 bits per heavy atom. The Kier molecular flexibility index (Phi) is 3.29. The molecular weight excluding hydrogens is 206 g/mol. The molecule has 1 saturated heterocycles. The van der Waals surface area contributed by atoms with Gasteiger partial charge in [-0.25, -0.2) is 0 Å². The highest BCUT2D eigenvalue weighted by Gasteiger charge is 2.28. The summed E-state index contributed by atoms with van der Waals surface area (Å²) in [7, 11) is 0. The lowest BCUT2D eigenvalue weighted by atomic mass is 10.2. The zero-order valence-corrected chi connectivity index (χ0v) is 9.73. The maximum atomic E-state index is 11.5. The average molecular weight is 223 g/mol. The van der Waals surface area contributed by atoms with E-state index in [1.54, 1.807) is 6.92 Å². The molecule has 88 valence electrons. The standard InChI is InChI=1S/C12H17NO3/c1-3-10-4-5-12(16-10)11-8-15-7-6-13(11)9(2)14/h4-5,11H,3,6-8H2,1-2H3. The fourth-order valence-corrected chi connectivity index (χ4v) is 1.98. The van der Waals surface area contributed by atoms with Crippen LogP contribution in [0.1, 0.15) is 31.4 Å². The van der Waals surface area contributed by atoms with E-state index in [1.807, 2.05) is 24.0 Å². The Bertz CT molecular complexity index is 372. The third kappa shape index (κ3) is 2.11. The molecule has 1 aromatic heterocycles. The van der Waals surface area contributed by atoms with Gasteiger partial charge in [-0.15, -0.1) is 0 Å². The second kappa shape index (κ2) is 4.70. The number of morpholine rings is 1. The van der Waals surface area contributed by atoms with Gasteiger partial charge in [0.1, 0.15) is 17.6 Å². The van der Waals surface area contributed by atoms with Gasteiger partial charge < -0.3 is 14.1 Å². The fraction of sp³-hybridized carbons (Fsp3) is 0.583. The predicted octanol–water partition coefficient (Wildman–Crippen LogP) is 1.76. The first-order chi connectivity index (χ1) is 7.72. The quantitative estimate of drug-likeness (QED) is 0.767. The van der Waals surface area contributed by atoms with E-state index in [1.165, 1.54) is 0 Å². The Morgan fingerprint density at radius 1 is 1.56 bits per heavy atom. The summed E-state index contributed by atoms with van der Waals surface area (Å²) < 4.78 is 11.1. The molecule has 16 heavy (non-hydrogen) atoms. The van der Waals surface area contributed by atoms with Crippen LogP contribution in [0.5, 0.6) is 0 Å². The Labute approximate surface area is 95.2 Å². The first kappa shape index (κ1) is 11.2. The number of rotatable bonds is 2. The Hall–Kier alpha value is -1.29. The fourth-order valence-electron chi connectivity index (χ4n) is 1.98. The van der Waals surface area contributed by atoms with E-state index in [0.717, 1.165) is 17.9 Å². The maximum Gasteiger partial charge on any atom is 0.220 e. The molecule has 1 atom stereocenters. The molecule has 1 amide bonds. The molecule has 0 aliphatic carbocycles. The van der Waals surface area contributed by atoms with Crippen LogP contribution in [0, 0.1) is 0 Å². The second-order valence-corrected chi connectivity index (χ2v) is 3.96. The van der Waals surface area contributed by atoms with Gasteiger partial charge in [-0.2, -0.15) is 0 Å². The molecule has 0 aromatic carbocycles. The van der Waals surface area contributed by atoms with Crippen molar-refractivity contribution in [3.63, 3.8) is 0 Å². The van der Waals surface area contributed by atoms with E-state index in [9.17, 15) is 4.79 Å². The predicted molar refractivity (Wildman–Crippen MR) is 59.0 cm³/mol. The summed E-state index contributed by atoms with van der Waals surface area (Å²) in [4.78, 5) is 13.3. The van der Waals surface area contributed by atoms with E-state index < -0.39 is 0 Å². The van der Waals surface area contributed by atoms with Gasteiger partial charge in [0.05, 0.1) is 13.2 Å². The van der Waals surface area contributed by atoms with Gasteiger partial charge in [0.25, 0.3) is 0 Å². The van der Waals surface area contributed by atoms with Crippen LogP contribution in [0.15, 0.2) is 16.5 Å². The molecule has 0 spiro atoms. The lowest BCUT2D eigenvalue weighted by Gasteiger charge is -2.33. The minimum absolute atomic E-state index is 0.0634. The Balaban J connectivity index is 2.19. The van der Waals surface area contributed by atoms with Crippen LogP contribution in [0.25, 0.3) is 0 Å². The first-order valence-corrected chi connectivity index (χ1v) is 5.66. The summed E-state index contributed by atoms with van der Waals surface area (Å²) in [5.74, 6) is 1.85. The number of furan rings is 1. The first-order valence-electron chi connectivity index (χ1n) is 5.66. The van der Waals surface area contributed by atoms with Gasteiger partial charge in [0.2, 0.25) is 5.91 Å². The lowest BCUT2D eigenvalue weighted by molar-refractivity contribution is -0.138. The molecule has 0 bridgehead atoms. The normalized spacial score (nSPS) is 21.1. The Morgan fingerprint density at radius 3 is 3.00 bits per heavy atom. The number of hydrogen-bond donors (Lipinski definition) is 0. The molecule has 1 aliphatic heterocycles. The van der Waals surface area contributed by atoms with E-state index in [-0.39, 0.29) is 11.9 Å². The van der Waals surface area contributed by atoms with Gasteiger partial charge in [0, 0.05) is 19.9 Å².